The summed E-state index contributed by atoms with van der Waals surface area (Å²) < 4.78 is 30.0. The molecule has 10 heteroatoms. The van der Waals surface area contributed by atoms with Gasteiger partial charge in [0.15, 0.2) is 0 Å². The van der Waals surface area contributed by atoms with E-state index in [2.05, 4.69) is 10.6 Å². The number of ether oxygens (including phenoxy) is 1. The number of amides is 2. The van der Waals surface area contributed by atoms with Gasteiger partial charge >= 0.3 is 11.8 Å². The van der Waals surface area contributed by atoms with Crippen LogP contribution >= 0.6 is 11.6 Å². The van der Waals surface area contributed by atoms with Crippen LogP contribution in [-0.2, 0) is 24.3 Å². The fourth-order valence-corrected chi connectivity index (χ4v) is 4.07. The van der Waals surface area contributed by atoms with Crippen molar-refractivity contribution in [1.82, 2.24) is 5.32 Å². The minimum atomic E-state index is -3.40. The number of benzene rings is 1. The Morgan fingerprint density at radius 2 is 2.08 bits per heavy atom. The number of carbonyl (C=O) groups excluding carboxylic acids is 2. The topological polar surface area (TPSA) is 105 Å². The van der Waals surface area contributed by atoms with Crippen molar-refractivity contribution >= 4 is 44.8 Å². The van der Waals surface area contributed by atoms with Crippen LogP contribution in [0.4, 0.5) is 11.4 Å². The number of halogens is 1. The lowest BCUT2D eigenvalue weighted by molar-refractivity contribution is -0.136. The van der Waals surface area contributed by atoms with Gasteiger partial charge in [0.1, 0.15) is 0 Å². The first-order valence-electron chi connectivity index (χ1n) is 7.23. The van der Waals surface area contributed by atoms with Crippen molar-refractivity contribution in [2.24, 2.45) is 0 Å². The number of methoxy groups -OCH3 is 1. The van der Waals surface area contributed by atoms with Gasteiger partial charge in [-0.05, 0) is 24.6 Å². The van der Waals surface area contributed by atoms with Gasteiger partial charge < -0.3 is 15.4 Å². The minimum Gasteiger partial charge on any atom is -0.383 e. The van der Waals surface area contributed by atoms with E-state index in [-0.39, 0.29) is 35.3 Å². The lowest BCUT2D eigenvalue weighted by Crippen LogP contribution is -2.37. The van der Waals surface area contributed by atoms with Crippen molar-refractivity contribution in [3.05, 3.63) is 23.2 Å². The number of carbonyl (C=O) groups is 2. The Kier molecular flexibility index (Phi) is 6.03. The largest absolute Gasteiger partial charge is 0.383 e. The third kappa shape index (κ3) is 4.37. The number of nitrogens with zero attached hydrogens (tertiary/aromatic N) is 1. The van der Waals surface area contributed by atoms with Crippen LogP contribution in [0.1, 0.15) is 6.42 Å². The van der Waals surface area contributed by atoms with E-state index in [0.29, 0.717) is 13.0 Å². The molecule has 0 bridgehead atoms. The van der Waals surface area contributed by atoms with Gasteiger partial charge in [0.25, 0.3) is 0 Å². The molecule has 8 nitrogen and oxygen atoms in total. The molecule has 1 saturated heterocycles. The van der Waals surface area contributed by atoms with Gasteiger partial charge in [-0.3, -0.25) is 13.9 Å². The van der Waals surface area contributed by atoms with E-state index < -0.39 is 21.8 Å². The zero-order chi connectivity index (χ0) is 17.7. The van der Waals surface area contributed by atoms with Gasteiger partial charge in [-0.25, -0.2) is 8.42 Å². The predicted molar refractivity (Wildman–Crippen MR) is 90.7 cm³/mol. The minimum absolute atomic E-state index is 0.0574. The Labute approximate surface area is 145 Å². The number of hydrogen-bond acceptors (Lipinski definition) is 5. The van der Waals surface area contributed by atoms with Crippen LogP contribution < -0.4 is 14.9 Å². The summed E-state index contributed by atoms with van der Waals surface area (Å²) in [6.07, 6.45) is 0.511. The van der Waals surface area contributed by atoms with E-state index in [4.69, 9.17) is 16.3 Å². The van der Waals surface area contributed by atoms with Crippen LogP contribution in [0.25, 0.3) is 0 Å². The highest BCUT2D eigenvalue weighted by molar-refractivity contribution is 7.93. The summed E-state index contributed by atoms with van der Waals surface area (Å²) >= 11 is 6.08. The SMILES string of the molecule is COCCNC(=O)C(=O)Nc1ccc(Cl)c(N2CCCS2(=O)=O)c1. The zero-order valence-electron chi connectivity index (χ0n) is 13.0. The molecule has 1 aromatic rings. The second kappa shape index (κ2) is 7.82. The van der Waals surface area contributed by atoms with E-state index in [0.717, 1.165) is 0 Å². The molecule has 0 atom stereocenters. The van der Waals surface area contributed by atoms with Crippen LogP contribution in [0.2, 0.25) is 5.02 Å². The average molecular weight is 376 g/mol. The van der Waals surface area contributed by atoms with Gasteiger partial charge in [0.05, 0.1) is 23.1 Å². The summed E-state index contributed by atoms with van der Waals surface area (Å²) in [5.74, 6) is -1.61. The average Bonchev–Trinajstić information content (AvgIpc) is 2.88. The van der Waals surface area contributed by atoms with E-state index in [9.17, 15) is 18.0 Å². The smallest absolute Gasteiger partial charge is 0.313 e. The van der Waals surface area contributed by atoms with E-state index >= 15 is 0 Å². The molecule has 1 fully saturated rings. The number of rotatable bonds is 5. The van der Waals surface area contributed by atoms with Gasteiger partial charge in [0, 0.05) is 25.9 Å². The van der Waals surface area contributed by atoms with E-state index in [1.165, 1.54) is 29.6 Å². The van der Waals surface area contributed by atoms with Crippen molar-refractivity contribution in [2.75, 3.05) is 42.2 Å². The molecule has 1 aromatic carbocycles. The monoisotopic (exact) mass is 375 g/mol. The maximum Gasteiger partial charge on any atom is 0.313 e. The maximum atomic E-state index is 12.0. The zero-order valence-corrected chi connectivity index (χ0v) is 14.6. The fourth-order valence-electron chi connectivity index (χ4n) is 2.23. The molecule has 2 N–H and O–H groups in total. The first kappa shape index (κ1) is 18.5. The van der Waals surface area contributed by atoms with Crippen molar-refractivity contribution in [1.29, 1.82) is 0 Å². The molecule has 132 valence electrons. The van der Waals surface area contributed by atoms with Crippen molar-refractivity contribution in [3.8, 4) is 0 Å². The molecule has 0 spiro atoms. The third-order valence-corrected chi connectivity index (χ3v) is 5.54. The number of anilines is 2. The van der Waals surface area contributed by atoms with Crippen LogP contribution in [0.3, 0.4) is 0 Å². The Morgan fingerprint density at radius 3 is 2.71 bits per heavy atom. The van der Waals surface area contributed by atoms with Gasteiger partial charge in [-0.2, -0.15) is 0 Å². The molecule has 0 radical (unpaired) electrons. The van der Waals surface area contributed by atoms with Gasteiger partial charge in [-0.15, -0.1) is 0 Å². The summed E-state index contributed by atoms with van der Waals surface area (Å²) in [5, 5.41) is 5.06. The predicted octanol–water partition coefficient (Wildman–Crippen LogP) is 0.581. The lowest BCUT2D eigenvalue weighted by Gasteiger charge is -2.19. The molecule has 0 saturated carbocycles. The summed E-state index contributed by atoms with van der Waals surface area (Å²) in [5.41, 5.74) is 0.565. The van der Waals surface area contributed by atoms with E-state index in [1.54, 1.807) is 0 Å². The second-order valence-corrected chi connectivity index (χ2v) is 7.53. The first-order chi connectivity index (χ1) is 11.3. The normalized spacial score (nSPS) is 16.0. The molecule has 0 aliphatic carbocycles. The molecule has 2 rings (SSSR count). The van der Waals surface area contributed by atoms with Gasteiger partial charge in [-0.1, -0.05) is 11.6 Å². The standard InChI is InChI=1S/C14H18ClN3O5S/c1-23-7-5-16-13(19)14(20)17-10-3-4-11(15)12(9-10)18-6-2-8-24(18,21)22/h3-4,9H,2,5-8H2,1H3,(H,16,19)(H,17,20). The summed E-state index contributed by atoms with van der Waals surface area (Å²) in [6, 6.07) is 4.41. The molecule has 1 aliphatic heterocycles. The molecule has 1 aliphatic rings. The molecule has 0 unspecified atom stereocenters. The van der Waals surface area contributed by atoms with Crippen LogP contribution in [0.5, 0.6) is 0 Å². The molecule has 1 heterocycles. The van der Waals surface area contributed by atoms with Crippen LogP contribution in [0, 0.1) is 0 Å². The number of sulfonamides is 1. The summed E-state index contributed by atoms with van der Waals surface area (Å²) in [4.78, 5) is 23.4. The maximum absolute atomic E-state index is 12.0. The Morgan fingerprint density at radius 1 is 1.33 bits per heavy atom. The Balaban J connectivity index is 2.11. The highest BCUT2D eigenvalue weighted by atomic mass is 35.5. The van der Waals surface area contributed by atoms with Crippen LogP contribution in [-0.4, -0.2) is 52.8 Å². The fraction of sp³-hybridized carbons (Fsp3) is 0.429. The van der Waals surface area contributed by atoms with Gasteiger partial charge in [0.2, 0.25) is 10.0 Å². The molecular weight excluding hydrogens is 358 g/mol. The molecule has 0 aromatic heterocycles. The molecular formula is C14H18ClN3O5S. The van der Waals surface area contributed by atoms with Crippen molar-refractivity contribution < 1.29 is 22.7 Å². The first-order valence-corrected chi connectivity index (χ1v) is 9.22. The Bertz CT molecular complexity index is 738. The molecule has 24 heavy (non-hydrogen) atoms. The lowest BCUT2D eigenvalue weighted by atomic mass is 10.2. The van der Waals surface area contributed by atoms with E-state index in [1.807, 2.05) is 0 Å². The second-order valence-electron chi connectivity index (χ2n) is 5.11. The molecule has 2 amide bonds. The third-order valence-electron chi connectivity index (χ3n) is 3.37. The van der Waals surface area contributed by atoms with Crippen LogP contribution in [0.15, 0.2) is 18.2 Å². The van der Waals surface area contributed by atoms with Crippen molar-refractivity contribution in [3.63, 3.8) is 0 Å². The number of nitrogens with one attached hydrogen (secondary N) is 2. The quantitative estimate of drug-likeness (QED) is 0.578. The highest BCUT2D eigenvalue weighted by Crippen LogP contribution is 2.33. The highest BCUT2D eigenvalue weighted by Gasteiger charge is 2.30. The van der Waals surface area contributed by atoms with Crippen molar-refractivity contribution in [2.45, 2.75) is 6.42 Å². The number of hydrogen-bond donors (Lipinski definition) is 2. The summed E-state index contributed by atoms with van der Waals surface area (Å²) in [7, 11) is -1.92. The Hall–Kier alpha value is -1.84. The summed E-state index contributed by atoms with van der Waals surface area (Å²) in [6.45, 7) is 0.828.